The number of anilines is 2. The number of aliphatic hydroxyl groups excluding tert-OH is 1. The largest absolute Gasteiger partial charge is 0.480 e. The molecule has 0 aliphatic heterocycles. The average molecular weight is 281 g/mol. The number of carbonyl (C=O) groups is 2. The molecule has 110 valence electrons. The summed E-state index contributed by atoms with van der Waals surface area (Å²) >= 11 is 0. The third-order valence-electron chi connectivity index (χ3n) is 2.67. The monoisotopic (exact) mass is 281 g/mol. The van der Waals surface area contributed by atoms with Crippen molar-refractivity contribution in [1.82, 2.24) is 5.32 Å². The fourth-order valence-electron chi connectivity index (χ4n) is 1.66. The van der Waals surface area contributed by atoms with Gasteiger partial charge in [-0.2, -0.15) is 0 Å². The maximum Gasteiger partial charge on any atom is 0.328 e. The van der Waals surface area contributed by atoms with Crippen molar-refractivity contribution >= 4 is 23.4 Å². The maximum absolute atomic E-state index is 11.8. The van der Waals surface area contributed by atoms with Gasteiger partial charge in [0.05, 0.1) is 17.5 Å². The van der Waals surface area contributed by atoms with Gasteiger partial charge in [0, 0.05) is 14.1 Å². The van der Waals surface area contributed by atoms with Crippen molar-refractivity contribution in [1.29, 1.82) is 0 Å². The Kier molecular flexibility index (Phi) is 5.33. The third kappa shape index (κ3) is 4.13. The Morgan fingerprint density at radius 2 is 1.85 bits per heavy atom. The molecule has 0 aromatic heterocycles. The Hall–Kier alpha value is -2.28. The standard InChI is InChI=1S/C13H19N3O4/c1-8(17)11(12(18)19)15-13(20)14-9-6-4-5-7-10(9)16(2)3/h4-8,11,17H,1-3H3,(H,18,19)(H2,14,15,20)/t8-,11+/m1/s1. The average Bonchev–Trinajstić information content (AvgIpc) is 2.35. The minimum Gasteiger partial charge on any atom is -0.480 e. The number of carboxylic acids is 1. The summed E-state index contributed by atoms with van der Waals surface area (Å²) in [5.41, 5.74) is 1.33. The predicted molar refractivity (Wildman–Crippen MR) is 76.0 cm³/mol. The van der Waals surface area contributed by atoms with Crippen molar-refractivity contribution in [2.75, 3.05) is 24.3 Å². The van der Waals surface area contributed by atoms with Gasteiger partial charge in [0.25, 0.3) is 0 Å². The molecule has 0 spiro atoms. The number of nitrogens with one attached hydrogen (secondary N) is 2. The zero-order valence-electron chi connectivity index (χ0n) is 11.6. The molecule has 0 radical (unpaired) electrons. The zero-order chi connectivity index (χ0) is 15.3. The van der Waals surface area contributed by atoms with Crippen LogP contribution in [0.25, 0.3) is 0 Å². The first-order chi connectivity index (χ1) is 9.32. The number of rotatable bonds is 5. The molecule has 1 aromatic rings. The molecule has 0 bridgehead atoms. The molecule has 20 heavy (non-hydrogen) atoms. The second-order valence-corrected chi connectivity index (χ2v) is 4.57. The molecule has 0 unspecified atom stereocenters. The van der Waals surface area contributed by atoms with E-state index in [4.69, 9.17) is 5.11 Å². The van der Waals surface area contributed by atoms with Gasteiger partial charge in [-0.05, 0) is 19.1 Å². The molecule has 7 heteroatoms. The summed E-state index contributed by atoms with van der Waals surface area (Å²) in [4.78, 5) is 24.5. The summed E-state index contributed by atoms with van der Waals surface area (Å²) in [5.74, 6) is -1.30. The summed E-state index contributed by atoms with van der Waals surface area (Å²) in [5, 5.41) is 23.0. The van der Waals surface area contributed by atoms with E-state index in [9.17, 15) is 14.7 Å². The first-order valence-corrected chi connectivity index (χ1v) is 6.07. The molecular weight excluding hydrogens is 262 g/mol. The van der Waals surface area contributed by atoms with Crippen LogP contribution < -0.4 is 15.5 Å². The Bertz CT molecular complexity index is 488. The number of urea groups is 1. The molecule has 0 aliphatic carbocycles. The van der Waals surface area contributed by atoms with Crippen molar-refractivity contribution in [3.63, 3.8) is 0 Å². The fourth-order valence-corrected chi connectivity index (χ4v) is 1.66. The van der Waals surface area contributed by atoms with E-state index in [0.717, 1.165) is 5.69 Å². The summed E-state index contributed by atoms with van der Waals surface area (Å²) < 4.78 is 0. The maximum atomic E-state index is 11.8. The topological polar surface area (TPSA) is 102 Å². The molecule has 0 saturated carbocycles. The van der Waals surface area contributed by atoms with Crippen molar-refractivity contribution in [3.8, 4) is 0 Å². The SMILES string of the molecule is C[C@@H](O)[C@H](NC(=O)Nc1ccccc1N(C)C)C(=O)O. The van der Waals surface area contributed by atoms with E-state index in [1.807, 2.05) is 31.1 Å². The van der Waals surface area contributed by atoms with Crippen LogP contribution >= 0.6 is 0 Å². The van der Waals surface area contributed by atoms with Gasteiger partial charge >= 0.3 is 12.0 Å². The molecule has 1 rings (SSSR count). The van der Waals surface area contributed by atoms with E-state index in [1.165, 1.54) is 6.92 Å². The number of hydrogen-bond donors (Lipinski definition) is 4. The van der Waals surface area contributed by atoms with Crippen LogP contribution in [0.4, 0.5) is 16.2 Å². The Morgan fingerprint density at radius 1 is 1.25 bits per heavy atom. The van der Waals surface area contributed by atoms with E-state index in [-0.39, 0.29) is 0 Å². The minimum atomic E-state index is -1.36. The van der Waals surface area contributed by atoms with Crippen LogP contribution in [-0.2, 0) is 4.79 Å². The quantitative estimate of drug-likeness (QED) is 0.636. The number of nitrogens with zero attached hydrogens (tertiary/aromatic N) is 1. The summed E-state index contributed by atoms with van der Waals surface area (Å²) in [6, 6.07) is 5.06. The highest BCUT2D eigenvalue weighted by molar-refractivity contribution is 5.95. The number of carboxylic acid groups (broad SMARTS) is 1. The van der Waals surface area contributed by atoms with Crippen LogP contribution in [0.5, 0.6) is 0 Å². The zero-order valence-corrected chi connectivity index (χ0v) is 11.6. The highest BCUT2D eigenvalue weighted by Crippen LogP contribution is 2.23. The highest BCUT2D eigenvalue weighted by Gasteiger charge is 2.25. The number of carbonyl (C=O) groups excluding carboxylic acids is 1. The molecule has 2 amide bonds. The summed E-state index contributed by atoms with van der Waals surface area (Å²) in [6.07, 6.45) is -1.19. The first kappa shape index (κ1) is 15.8. The number of para-hydroxylation sites is 2. The van der Waals surface area contributed by atoms with Gasteiger partial charge in [0.2, 0.25) is 0 Å². The van der Waals surface area contributed by atoms with Crippen molar-refractivity contribution in [3.05, 3.63) is 24.3 Å². The molecule has 7 nitrogen and oxygen atoms in total. The second-order valence-electron chi connectivity index (χ2n) is 4.57. The van der Waals surface area contributed by atoms with Gasteiger partial charge in [-0.25, -0.2) is 9.59 Å². The highest BCUT2D eigenvalue weighted by atomic mass is 16.4. The first-order valence-electron chi connectivity index (χ1n) is 6.07. The lowest BCUT2D eigenvalue weighted by molar-refractivity contribution is -0.141. The lowest BCUT2D eigenvalue weighted by atomic mass is 10.2. The molecule has 2 atom stereocenters. The van der Waals surface area contributed by atoms with Gasteiger partial charge in [-0.15, -0.1) is 0 Å². The third-order valence-corrected chi connectivity index (χ3v) is 2.67. The minimum absolute atomic E-state index is 0.546. The van der Waals surface area contributed by atoms with Crippen LogP contribution in [0.3, 0.4) is 0 Å². The molecule has 1 aromatic carbocycles. The van der Waals surface area contributed by atoms with Gasteiger partial charge in [0.1, 0.15) is 0 Å². The van der Waals surface area contributed by atoms with Gasteiger partial charge in [0.15, 0.2) is 6.04 Å². The van der Waals surface area contributed by atoms with Crippen LogP contribution in [0, 0.1) is 0 Å². The van der Waals surface area contributed by atoms with Crippen molar-refractivity contribution in [2.24, 2.45) is 0 Å². The van der Waals surface area contributed by atoms with Crippen LogP contribution in [0.15, 0.2) is 24.3 Å². The van der Waals surface area contributed by atoms with E-state index < -0.39 is 24.1 Å². The lowest BCUT2D eigenvalue weighted by Gasteiger charge is -2.20. The fraction of sp³-hybridized carbons (Fsp3) is 0.385. The van der Waals surface area contributed by atoms with E-state index in [2.05, 4.69) is 10.6 Å². The van der Waals surface area contributed by atoms with E-state index in [0.29, 0.717) is 5.69 Å². The second kappa shape index (κ2) is 6.76. The number of aliphatic carboxylic acids is 1. The molecule has 0 aliphatic rings. The molecule has 0 saturated heterocycles. The molecular formula is C13H19N3O4. The summed E-state index contributed by atoms with van der Waals surface area (Å²) in [7, 11) is 3.66. The molecule has 0 heterocycles. The van der Waals surface area contributed by atoms with Gasteiger partial charge < -0.3 is 25.7 Å². The Balaban J connectivity index is 2.79. The Morgan fingerprint density at radius 3 is 2.35 bits per heavy atom. The predicted octanol–water partition coefficient (Wildman–Crippen LogP) is 0.708. The number of hydrogen-bond acceptors (Lipinski definition) is 4. The smallest absolute Gasteiger partial charge is 0.328 e. The van der Waals surface area contributed by atoms with Crippen LogP contribution in [0.1, 0.15) is 6.92 Å². The normalized spacial score (nSPS) is 13.2. The summed E-state index contributed by atoms with van der Waals surface area (Å²) in [6.45, 7) is 1.30. The van der Waals surface area contributed by atoms with E-state index >= 15 is 0 Å². The number of benzene rings is 1. The lowest BCUT2D eigenvalue weighted by Crippen LogP contribution is -2.49. The van der Waals surface area contributed by atoms with E-state index in [1.54, 1.807) is 12.1 Å². The number of aliphatic hydroxyl groups is 1. The van der Waals surface area contributed by atoms with Gasteiger partial charge in [-0.1, -0.05) is 12.1 Å². The molecule has 4 N–H and O–H groups in total. The van der Waals surface area contributed by atoms with Gasteiger partial charge in [-0.3, -0.25) is 0 Å². The van der Waals surface area contributed by atoms with Crippen molar-refractivity contribution < 1.29 is 19.8 Å². The van der Waals surface area contributed by atoms with Crippen LogP contribution in [0.2, 0.25) is 0 Å². The van der Waals surface area contributed by atoms with Crippen LogP contribution in [-0.4, -0.2) is 48.5 Å². The van der Waals surface area contributed by atoms with Crippen molar-refractivity contribution in [2.45, 2.75) is 19.1 Å². The molecule has 0 fully saturated rings. The Labute approximate surface area is 117 Å². The number of amides is 2.